The minimum absolute atomic E-state index is 0.0472. The van der Waals surface area contributed by atoms with Crippen molar-refractivity contribution in [3.05, 3.63) is 79.1 Å². The lowest BCUT2D eigenvalue weighted by Gasteiger charge is -2.09. The number of amides is 1. The van der Waals surface area contributed by atoms with E-state index in [-0.39, 0.29) is 5.91 Å². The number of aryl methyl sites for hydroxylation is 1. The van der Waals surface area contributed by atoms with E-state index < -0.39 is 0 Å². The van der Waals surface area contributed by atoms with Crippen LogP contribution in [0, 0.1) is 0 Å². The zero-order chi connectivity index (χ0) is 16.6. The fourth-order valence-electron chi connectivity index (χ4n) is 2.49. The number of hydrogen-bond donors (Lipinski definition) is 2. The summed E-state index contributed by atoms with van der Waals surface area (Å²) in [6, 6.07) is 21.7. The van der Waals surface area contributed by atoms with E-state index in [0.717, 1.165) is 30.0 Å². The molecular formula is C20H21N3O. The molecule has 0 bridgehead atoms. The van der Waals surface area contributed by atoms with Crippen LogP contribution in [0.5, 0.6) is 0 Å². The highest BCUT2D eigenvalue weighted by Gasteiger charge is 2.03. The Morgan fingerprint density at radius 3 is 2.12 bits per heavy atom. The number of carbonyl (C=O) groups is 1. The van der Waals surface area contributed by atoms with Crippen molar-refractivity contribution in [3.8, 4) is 0 Å². The van der Waals surface area contributed by atoms with Crippen molar-refractivity contribution in [2.45, 2.75) is 19.4 Å². The van der Waals surface area contributed by atoms with Gasteiger partial charge in [0, 0.05) is 42.4 Å². The number of hydrogen-bond acceptors (Lipinski definition) is 2. The van der Waals surface area contributed by atoms with Gasteiger partial charge in [0.25, 0.3) is 0 Å². The van der Waals surface area contributed by atoms with E-state index in [1.54, 1.807) is 0 Å². The Kier molecular flexibility index (Phi) is 5.30. The van der Waals surface area contributed by atoms with Crippen LogP contribution in [0.1, 0.15) is 12.8 Å². The molecule has 0 saturated carbocycles. The van der Waals surface area contributed by atoms with Gasteiger partial charge in [-0.15, -0.1) is 0 Å². The minimum Gasteiger partial charge on any atom is -0.356 e. The van der Waals surface area contributed by atoms with E-state index in [2.05, 4.69) is 15.2 Å². The summed E-state index contributed by atoms with van der Waals surface area (Å²) in [7, 11) is 0. The van der Waals surface area contributed by atoms with Gasteiger partial charge in [-0.05, 0) is 55.0 Å². The average Bonchev–Trinajstić information content (AvgIpc) is 3.11. The Morgan fingerprint density at radius 1 is 0.792 bits per heavy atom. The first-order valence-electron chi connectivity index (χ1n) is 8.12. The molecule has 1 amide bonds. The third kappa shape index (κ3) is 4.74. The fourth-order valence-corrected chi connectivity index (χ4v) is 2.49. The van der Waals surface area contributed by atoms with Crippen LogP contribution in [0.15, 0.2) is 79.1 Å². The van der Waals surface area contributed by atoms with Crippen molar-refractivity contribution in [1.82, 2.24) is 4.57 Å². The Balaban J connectivity index is 1.46. The smallest absolute Gasteiger partial charge is 0.224 e. The molecule has 1 aromatic heterocycles. The van der Waals surface area contributed by atoms with Gasteiger partial charge in [0.1, 0.15) is 0 Å². The first-order chi connectivity index (χ1) is 11.8. The zero-order valence-corrected chi connectivity index (χ0v) is 13.5. The van der Waals surface area contributed by atoms with Gasteiger partial charge in [0.05, 0.1) is 0 Å². The maximum Gasteiger partial charge on any atom is 0.224 e. The summed E-state index contributed by atoms with van der Waals surface area (Å²) in [5.41, 5.74) is 2.85. The summed E-state index contributed by atoms with van der Waals surface area (Å²) >= 11 is 0. The number of para-hydroxylation sites is 1. The standard InChI is InChI=1S/C20H21N3O/c24-20(9-6-16-23-14-4-5-15-23)22-19-12-10-18(11-13-19)21-17-7-2-1-3-8-17/h1-5,7-8,10-15,21H,6,9,16H2,(H,22,24). The van der Waals surface area contributed by atoms with Crippen molar-refractivity contribution in [2.75, 3.05) is 10.6 Å². The van der Waals surface area contributed by atoms with Crippen LogP contribution < -0.4 is 10.6 Å². The lowest BCUT2D eigenvalue weighted by molar-refractivity contribution is -0.116. The fraction of sp³-hybridized carbons (Fsp3) is 0.150. The second kappa shape index (κ2) is 8.02. The molecule has 0 aliphatic rings. The lowest BCUT2D eigenvalue weighted by atomic mass is 10.2. The van der Waals surface area contributed by atoms with Crippen molar-refractivity contribution < 1.29 is 4.79 Å². The SMILES string of the molecule is O=C(CCCn1cccc1)Nc1ccc(Nc2ccccc2)cc1. The molecule has 122 valence electrons. The number of aromatic nitrogens is 1. The van der Waals surface area contributed by atoms with Crippen LogP contribution in [0.3, 0.4) is 0 Å². The average molecular weight is 319 g/mol. The van der Waals surface area contributed by atoms with Gasteiger partial charge in [-0.2, -0.15) is 0 Å². The van der Waals surface area contributed by atoms with Crippen LogP contribution in [-0.4, -0.2) is 10.5 Å². The van der Waals surface area contributed by atoms with Gasteiger partial charge in [-0.3, -0.25) is 4.79 Å². The lowest BCUT2D eigenvalue weighted by Crippen LogP contribution is -2.12. The second-order valence-corrected chi connectivity index (χ2v) is 5.64. The molecule has 0 spiro atoms. The maximum absolute atomic E-state index is 12.0. The van der Waals surface area contributed by atoms with E-state index in [1.165, 1.54) is 0 Å². The van der Waals surface area contributed by atoms with E-state index >= 15 is 0 Å². The molecule has 4 nitrogen and oxygen atoms in total. The molecular weight excluding hydrogens is 298 g/mol. The van der Waals surface area contributed by atoms with Crippen molar-refractivity contribution in [1.29, 1.82) is 0 Å². The Labute approximate surface area is 142 Å². The first kappa shape index (κ1) is 15.9. The molecule has 1 heterocycles. The minimum atomic E-state index is 0.0472. The van der Waals surface area contributed by atoms with E-state index in [0.29, 0.717) is 6.42 Å². The summed E-state index contributed by atoms with van der Waals surface area (Å²) in [5.74, 6) is 0.0472. The Hall–Kier alpha value is -3.01. The molecule has 0 atom stereocenters. The van der Waals surface area contributed by atoms with Crippen LogP contribution in [0.2, 0.25) is 0 Å². The van der Waals surface area contributed by atoms with Gasteiger partial charge in [-0.1, -0.05) is 18.2 Å². The van der Waals surface area contributed by atoms with Gasteiger partial charge in [0.15, 0.2) is 0 Å². The summed E-state index contributed by atoms with van der Waals surface area (Å²) in [5, 5.41) is 6.26. The highest BCUT2D eigenvalue weighted by Crippen LogP contribution is 2.18. The van der Waals surface area contributed by atoms with Crippen molar-refractivity contribution in [2.24, 2.45) is 0 Å². The third-order valence-corrected chi connectivity index (χ3v) is 3.72. The summed E-state index contributed by atoms with van der Waals surface area (Å²) in [6.07, 6.45) is 5.36. The summed E-state index contributed by atoms with van der Waals surface area (Å²) in [6.45, 7) is 0.861. The summed E-state index contributed by atoms with van der Waals surface area (Å²) < 4.78 is 2.08. The third-order valence-electron chi connectivity index (χ3n) is 3.72. The van der Waals surface area contributed by atoms with E-state index in [9.17, 15) is 4.79 Å². The molecule has 24 heavy (non-hydrogen) atoms. The molecule has 0 radical (unpaired) electrons. The van der Waals surface area contributed by atoms with E-state index in [4.69, 9.17) is 0 Å². The van der Waals surface area contributed by atoms with Crippen LogP contribution in [0.25, 0.3) is 0 Å². The molecule has 0 aliphatic heterocycles. The quantitative estimate of drug-likeness (QED) is 0.666. The van der Waals surface area contributed by atoms with Gasteiger partial charge in [-0.25, -0.2) is 0 Å². The first-order valence-corrected chi connectivity index (χ1v) is 8.12. The zero-order valence-electron chi connectivity index (χ0n) is 13.5. The highest BCUT2D eigenvalue weighted by molar-refractivity contribution is 5.90. The normalized spacial score (nSPS) is 10.3. The maximum atomic E-state index is 12.0. The number of benzene rings is 2. The number of nitrogens with one attached hydrogen (secondary N) is 2. The van der Waals surface area contributed by atoms with Gasteiger partial charge in [0.2, 0.25) is 5.91 Å². The molecule has 2 N–H and O–H groups in total. The monoisotopic (exact) mass is 319 g/mol. The Morgan fingerprint density at radius 2 is 1.42 bits per heavy atom. The predicted molar refractivity (Wildman–Crippen MR) is 98.5 cm³/mol. The number of anilines is 3. The summed E-state index contributed by atoms with van der Waals surface area (Å²) in [4.78, 5) is 12.0. The van der Waals surface area contributed by atoms with E-state index in [1.807, 2.05) is 79.1 Å². The van der Waals surface area contributed by atoms with Crippen molar-refractivity contribution in [3.63, 3.8) is 0 Å². The molecule has 2 aromatic carbocycles. The number of carbonyl (C=O) groups excluding carboxylic acids is 1. The molecule has 3 aromatic rings. The predicted octanol–water partition coefficient (Wildman–Crippen LogP) is 4.65. The molecule has 0 aliphatic carbocycles. The van der Waals surface area contributed by atoms with Crippen LogP contribution in [-0.2, 0) is 11.3 Å². The topological polar surface area (TPSA) is 46.1 Å². The molecule has 0 saturated heterocycles. The largest absolute Gasteiger partial charge is 0.356 e. The van der Waals surface area contributed by atoms with Crippen molar-refractivity contribution >= 4 is 23.0 Å². The molecule has 0 unspecified atom stereocenters. The molecule has 4 heteroatoms. The Bertz CT molecular complexity index is 749. The van der Waals surface area contributed by atoms with Crippen LogP contribution in [0.4, 0.5) is 17.1 Å². The molecule has 3 rings (SSSR count). The van der Waals surface area contributed by atoms with Gasteiger partial charge >= 0.3 is 0 Å². The van der Waals surface area contributed by atoms with Crippen LogP contribution >= 0.6 is 0 Å². The highest BCUT2D eigenvalue weighted by atomic mass is 16.1. The number of rotatable bonds is 7. The number of nitrogens with zero attached hydrogens (tertiary/aromatic N) is 1. The molecule has 0 fully saturated rings. The second-order valence-electron chi connectivity index (χ2n) is 5.64. The van der Waals surface area contributed by atoms with Gasteiger partial charge < -0.3 is 15.2 Å².